The van der Waals surface area contributed by atoms with Crippen molar-refractivity contribution >= 4 is 17.2 Å². The van der Waals surface area contributed by atoms with Gasteiger partial charge in [0.05, 0.1) is 24.1 Å². The third kappa shape index (κ3) is 4.31. The average Bonchev–Trinajstić information content (AvgIpc) is 2.99. The van der Waals surface area contributed by atoms with E-state index < -0.39 is 0 Å². The monoisotopic (exact) mass is 301 g/mol. The second-order valence-electron chi connectivity index (χ2n) is 4.09. The third-order valence-corrected chi connectivity index (χ3v) is 3.48. The van der Waals surface area contributed by atoms with Gasteiger partial charge in [-0.15, -0.1) is 11.3 Å². The fourth-order valence-corrected chi connectivity index (χ4v) is 2.37. The topological polar surface area (TPSA) is 77.2 Å². The number of amides is 1. The molecule has 0 bridgehead atoms. The highest BCUT2D eigenvalue weighted by molar-refractivity contribution is 7.10. The highest BCUT2D eigenvalue weighted by Gasteiger charge is 2.08. The summed E-state index contributed by atoms with van der Waals surface area (Å²) in [4.78, 5) is 16.9. The van der Waals surface area contributed by atoms with Gasteiger partial charge in [0.15, 0.2) is 0 Å². The van der Waals surface area contributed by atoms with Gasteiger partial charge >= 0.3 is 0 Å². The Morgan fingerprint density at radius 2 is 2.38 bits per heavy atom. The second-order valence-corrected chi connectivity index (χ2v) is 5.01. The number of ether oxygens (including phenoxy) is 1. The molecule has 2 heterocycles. The van der Waals surface area contributed by atoms with Crippen LogP contribution in [0.15, 0.2) is 29.8 Å². The van der Waals surface area contributed by atoms with Gasteiger partial charge in [-0.25, -0.2) is 4.98 Å². The summed E-state index contributed by atoms with van der Waals surface area (Å²) in [5, 5.41) is 4.63. The summed E-state index contributed by atoms with van der Waals surface area (Å²) < 4.78 is 5.04. The predicted molar refractivity (Wildman–Crippen MR) is 82.2 cm³/mol. The maximum absolute atomic E-state index is 12.0. The van der Waals surface area contributed by atoms with Crippen molar-refractivity contribution in [1.82, 2.24) is 10.3 Å². The van der Waals surface area contributed by atoms with Crippen LogP contribution in [0.2, 0.25) is 0 Å². The van der Waals surface area contributed by atoms with Crippen molar-refractivity contribution in [3.05, 3.63) is 45.8 Å². The van der Waals surface area contributed by atoms with Crippen molar-refractivity contribution in [1.29, 1.82) is 0 Å². The summed E-state index contributed by atoms with van der Waals surface area (Å²) in [5.74, 6) is 6.06. The summed E-state index contributed by atoms with van der Waals surface area (Å²) >= 11 is 1.43. The van der Waals surface area contributed by atoms with Gasteiger partial charge in [0.25, 0.3) is 5.91 Å². The molecule has 5 nitrogen and oxygen atoms in total. The van der Waals surface area contributed by atoms with Gasteiger partial charge in [-0.1, -0.05) is 11.8 Å². The standard InChI is InChI=1S/C15H15N3O2S/c1-20-14-7-11(4-6-17-14)9-18-15(19)12-8-13(21-10-12)3-2-5-16/h4,6-8,10H,5,9,16H2,1H3,(H,18,19). The molecule has 108 valence electrons. The number of nitrogens with one attached hydrogen (secondary N) is 1. The Kier molecular flexibility index (Phi) is 5.32. The maximum Gasteiger partial charge on any atom is 0.252 e. The van der Waals surface area contributed by atoms with E-state index in [9.17, 15) is 4.79 Å². The number of rotatable bonds is 4. The van der Waals surface area contributed by atoms with Crippen molar-refractivity contribution in [2.75, 3.05) is 13.7 Å². The molecule has 2 aromatic heterocycles. The number of nitrogens with zero attached hydrogens (tertiary/aromatic N) is 1. The van der Waals surface area contributed by atoms with Gasteiger partial charge in [0, 0.05) is 24.2 Å². The predicted octanol–water partition coefficient (Wildman–Crippen LogP) is 1.39. The summed E-state index contributed by atoms with van der Waals surface area (Å²) in [5.41, 5.74) is 6.84. The van der Waals surface area contributed by atoms with E-state index in [-0.39, 0.29) is 5.91 Å². The molecule has 6 heteroatoms. The first-order valence-electron chi connectivity index (χ1n) is 6.27. The molecular formula is C15H15N3O2S. The minimum atomic E-state index is -0.136. The van der Waals surface area contributed by atoms with Crippen molar-refractivity contribution in [2.24, 2.45) is 5.73 Å². The number of nitrogens with two attached hydrogens (primary N) is 1. The molecule has 0 aliphatic carbocycles. The smallest absolute Gasteiger partial charge is 0.252 e. The quantitative estimate of drug-likeness (QED) is 0.837. The molecule has 0 saturated heterocycles. The maximum atomic E-state index is 12.0. The second kappa shape index (κ2) is 7.43. The van der Waals surface area contributed by atoms with E-state index in [0.29, 0.717) is 24.5 Å². The van der Waals surface area contributed by atoms with Crippen molar-refractivity contribution in [2.45, 2.75) is 6.54 Å². The van der Waals surface area contributed by atoms with E-state index in [2.05, 4.69) is 22.1 Å². The van der Waals surface area contributed by atoms with Crippen LogP contribution in [0.3, 0.4) is 0 Å². The van der Waals surface area contributed by atoms with Crippen molar-refractivity contribution in [3.63, 3.8) is 0 Å². The zero-order valence-corrected chi connectivity index (χ0v) is 12.4. The number of hydrogen-bond donors (Lipinski definition) is 2. The van der Waals surface area contributed by atoms with Crippen LogP contribution < -0.4 is 15.8 Å². The molecule has 1 amide bonds. The molecule has 0 radical (unpaired) electrons. The SMILES string of the molecule is COc1cc(CNC(=O)c2csc(C#CCN)c2)ccn1. The average molecular weight is 301 g/mol. The molecule has 0 aliphatic heterocycles. The van der Waals surface area contributed by atoms with E-state index in [1.165, 1.54) is 11.3 Å². The first kappa shape index (κ1) is 15.0. The molecule has 2 aromatic rings. The molecular weight excluding hydrogens is 286 g/mol. The third-order valence-electron chi connectivity index (χ3n) is 2.64. The van der Waals surface area contributed by atoms with E-state index in [4.69, 9.17) is 10.5 Å². The molecule has 0 aliphatic rings. The number of pyridine rings is 1. The van der Waals surface area contributed by atoms with Gasteiger partial charge < -0.3 is 15.8 Å². The summed E-state index contributed by atoms with van der Waals surface area (Å²) in [6.07, 6.45) is 1.64. The number of aromatic nitrogens is 1. The highest BCUT2D eigenvalue weighted by Crippen LogP contribution is 2.14. The van der Waals surface area contributed by atoms with Crippen LogP contribution in [-0.2, 0) is 6.54 Å². The fraction of sp³-hybridized carbons (Fsp3) is 0.200. The first-order valence-corrected chi connectivity index (χ1v) is 7.15. The fourth-order valence-electron chi connectivity index (χ4n) is 1.62. The number of thiophene rings is 1. The van der Waals surface area contributed by atoms with E-state index in [1.54, 1.807) is 30.8 Å². The van der Waals surface area contributed by atoms with E-state index in [1.807, 2.05) is 6.07 Å². The summed E-state index contributed by atoms with van der Waals surface area (Å²) in [6, 6.07) is 5.37. The lowest BCUT2D eigenvalue weighted by Gasteiger charge is -2.05. The number of carbonyl (C=O) groups excluding carboxylic acids is 1. The molecule has 21 heavy (non-hydrogen) atoms. The molecule has 0 atom stereocenters. The number of carbonyl (C=O) groups is 1. The van der Waals surface area contributed by atoms with Crippen LogP contribution in [0.1, 0.15) is 20.8 Å². The summed E-state index contributed by atoms with van der Waals surface area (Å²) in [7, 11) is 1.56. The molecule has 0 saturated carbocycles. The zero-order chi connectivity index (χ0) is 15.1. The number of methoxy groups -OCH3 is 1. The Balaban J connectivity index is 1.96. The molecule has 2 rings (SSSR count). The molecule has 0 aromatic carbocycles. The minimum Gasteiger partial charge on any atom is -0.481 e. The van der Waals surface area contributed by atoms with E-state index in [0.717, 1.165) is 10.4 Å². The van der Waals surface area contributed by atoms with Gasteiger partial charge in [0.2, 0.25) is 5.88 Å². The molecule has 0 unspecified atom stereocenters. The van der Waals surface area contributed by atoms with Gasteiger partial charge in [-0.05, 0) is 17.7 Å². The largest absolute Gasteiger partial charge is 0.481 e. The number of hydrogen-bond acceptors (Lipinski definition) is 5. The van der Waals surface area contributed by atoms with Crippen molar-refractivity contribution < 1.29 is 9.53 Å². The highest BCUT2D eigenvalue weighted by atomic mass is 32.1. The van der Waals surface area contributed by atoms with E-state index >= 15 is 0 Å². The Bertz CT molecular complexity index is 685. The van der Waals surface area contributed by atoms with Gasteiger partial charge in [-0.3, -0.25) is 4.79 Å². The zero-order valence-electron chi connectivity index (χ0n) is 11.6. The minimum absolute atomic E-state index is 0.136. The van der Waals surface area contributed by atoms with Crippen molar-refractivity contribution in [3.8, 4) is 17.7 Å². The lowest BCUT2D eigenvalue weighted by molar-refractivity contribution is 0.0951. The Hall–Kier alpha value is -2.36. The Morgan fingerprint density at radius 1 is 1.52 bits per heavy atom. The Labute approximate surface area is 127 Å². The lowest BCUT2D eigenvalue weighted by atomic mass is 10.2. The van der Waals surface area contributed by atoms with Crippen LogP contribution in [0.4, 0.5) is 0 Å². The van der Waals surface area contributed by atoms with Gasteiger partial charge in [0.1, 0.15) is 0 Å². The van der Waals surface area contributed by atoms with Crippen LogP contribution in [0.5, 0.6) is 5.88 Å². The molecule has 0 spiro atoms. The van der Waals surface area contributed by atoms with Crippen LogP contribution in [-0.4, -0.2) is 24.5 Å². The first-order chi connectivity index (χ1) is 10.2. The van der Waals surface area contributed by atoms with Gasteiger partial charge in [-0.2, -0.15) is 0 Å². The van der Waals surface area contributed by atoms with Crippen LogP contribution in [0, 0.1) is 11.8 Å². The molecule has 3 N–H and O–H groups in total. The Morgan fingerprint density at radius 3 is 3.14 bits per heavy atom. The normalized spacial score (nSPS) is 9.62. The van der Waals surface area contributed by atoms with Crippen LogP contribution in [0.25, 0.3) is 0 Å². The lowest BCUT2D eigenvalue weighted by Crippen LogP contribution is -2.22. The van der Waals surface area contributed by atoms with Crippen LogP contribution >= 0.6 is 11.3 Å². The molecule has 0 fully saturated rings. The summed E-state index contributed by atoms with van der Waals surface area (Å²) in [6.45, 7) is 0.723.